The zero-order valence-electron chi connectivity index (χ0n) is 11.7. The van der Waals surface area contributed by atoms with E-state index in [0.29, 0.717) is 23.9 Å². The highest BCUT2D eigenvalue weighted by molar-refractivity contribution is 7.99. The molecule has 0 aliphatic carbocycles. The smallest absolute Gasteiger partial charge is 0.261 e. The van der Waals surface area contributed by atoms with Crippen molar-refractivity contribution in [3.63, 3.8) is 0 Å². The minimum atomic E-state index is -0.0809. The third-order valence-electron chi connectivity index (χ3n) is 3.66. The Balaban J connectivity index is 1.72. The molecule has 0 saturated carbocycles. The van der Waals surface area contributed by atoms with Gasteiger partial charge in [-0.3, -0.25) is 14.2 Å². The molecule has 1 aromatic heterocycles. The van der Waals surface area contributed by atoms with Crippen molar-refractivity contribution in [1.29, 1.82) is 0 Å². The summed E-state index contributed by atoms with van der Waals surface area (Å²) in [6.45, 7) is 2.02. The highest BCUT2D eigenvalue weighted by atomic mass is 32.2. The topological polar surface area (TPSA) is 55.2 Å². The number of benzene rings is 1. The number of hydrogen-bond donors (Lipinski definition) is 0. The van der Waals surface area contributed by atoms with Crippen LogP contribution in [-0.2, 0) is 11.3 Å². The zero-order valence-corrected chi connectivity index (χ0v) is 12.5. The Morgan fingerprint density at radius 1 is 1.24 bits per heavy atom. The third-order valence-corrected chi connectivity index (χ3v) is 4.60. The van der Waals surface area contributed by atoms with Gasteiger partial charge in [0.25, 0.3) is 5.56 Å². The van der Waals surface area contributed by atoms with E-state index in [1.54, 1.807) is 6.07 Å². The molecule has 1 aromatic carbocycles. The largest absolute Gasteiger partial charge is 0.341 e. The van der Waals surface area contributed by atoms with Crippen LogP contribution in [0.1, 0.15) is 6.42 Å². The van der Waals surface area contributed by atoms with E-state index in [0.717, 1.165) is 24.6 Å². The zero-order chi connectivity index (χ0) is 14.7. The molecule has 6 heteroatoms. The summed E-state index contributed by atoms with van der Waals surface area (Å²) in [6.07, 6.45) is 1.88. The van der Waals surface area contributed by atoms with Crippen LogP contribution >= 0.6 is 11.8 Å². The van der Waals surface area contributed by atoms with Gasteiger partial charge < -0.3 is 4.90 Å². The van der Waals surface area contributed by atoms with Gasteiger partial charge in [-0.15, -0.1) is 0 Å². The van der Waals surface area contributed by atoms with Crippen molar-refractivity contribution in [2.45, 2.75) is 13.0 Å². The van der Waals surface area contributed by atoms with Gasteiger partial charge in [0.2, 0.25) is 5.91 Å². The quantitative estimate of drug-likeness (QED) is 0.859. The SMILES string of the molecule is O=C(CCn1cnc2ccccc2c1=O)N1CCSCC1. The Labute approximate surface area is 127 Å². The van der Waals surface area contributed by atoms with Gasteiger partial charge >= 0.3 is 0 Å². The lowest BCUT2D eigenvalue weighted by Gasteiger charge is -2.26. The van der Waals surface area contributed by atoms with Crippen LogP contribution in [0.15, 0.2) is 35.4 Å². The third kappa shape index (κ3) is 3.10. The van der Waals surface area contributed by atoms with Crippen molar-refractivity contribution < 1.29 is 4.79 Å². The molecule has 1 fully saturated rings. The maximum absolute atomic E-state index is 12.3. The lowest BCUT2D eigenvalue weighted by Crippen LogP contribution is -2.38. The maximum Gasteiger partial charge on any atom is 0.261 e. The second-order valence-electron chi connectivity index (χ2n) is 5.00. The standard InChI is InChI=1S/C15H17N3O2S/c19-14(17-7-9-21-10-8-17)5-6-18-11-16-13-4-2-1-3-12(13)15(18)20/h1-4,11H,5-10H2. The fourth-order valence-electron chi connectivity index (χ4n) is 2.45. The molecule has 0 atom stereocenters. The number of carbonyl (C=O) groups excluding carboxylic acids is 1. The molecule has 0 spiro atoms. The molecule has 21 heavy (non-hydrogen) atoms. The molecule has 2 heterocycles. The van der Waals surface area contributed by atoms with Crippen molar-refractivity contribution in [1.82, 2.24) is 14.5 Å². The van der Waals surface area contributed by atoms with Gasteiger partial charge in [-0.05, 0) is 12.1 Å². The molecule has 1 saturated heterocycles. The number of amides is 1. The van der Waals surface area contributed by atoms with E-state index in [-0.39, 0.29) is 11.5 Å². The molecular formula is C15H17N3O2S. The second-order valence-corrected chi connectivity index (χ2v) is 6.23. The van der Waals surface area contributed by atoms with Crippen molar-refractivity contribution in [3.05, 3.63) is 40.9 Å². The average molecular weight is 303 g/mol. The minimum absolute atomic E-state index is 0.0809. The molecule has 3 rings (SSSR count). The van der Waals surface area contributed by atoms with E-state index >= 15 is 0 Å². The summed E-state index contributed by atoms with van der Waals surface area (Å²) in [5, 5.41) is 0.599. The van der Waals surface area contributed by atoms with Gasteiger partial charge in [-0.2, -0.15) is 11.8 Å². The maximum atomic E-state index is 12.3. The summed E-state index contributed by atoms with van der Waals surface area (Å²) in [5.41, 5.74) is 0.612. The molecule has 0 unspecified atom stereocenters. The van der Waals surface area contributed by atoms with E-state index in [1.165, 1.54) is 10.9 Å². The van der Waals surface area contributed by atoms with E-state index in [1.807, 2.05) is 34.9 Å². The summed E-state index contributed by atoms with van der Waals surface area (Å²) in [6, 6.07) is 7.27. The predicted octanol–water partition coefficient (Wildman–Crippen LogP) is 1.36. The van der Waals surface area contributed by atoms with Crippen LogP contribution in [0.5, 0.6) is 0 Å². The minimum Gasteiger partial charge on any atom is -0.341 e. The molecular weight excluding hydrogens is 286 g/mol. The Morgan fingerprint density at radius 2 is 2.00 bits per heavy atom. The summed E-state index contributed by atoms with van der Waals surface area (Å²) in [4.78, 5) is 30.6. The number of aromatic nitrogens is 2. The van der Waals surface area contributed by atoms with Crippen LogP contribution in [-0.4, -0.2) is 45.0 Å². The van der Waals surface area contributed by atoms with Gasteiger partial charge in [0.15, 0.2) is 0 Å². The monoisotopic (exact) mass is 303 g/mol. The molecule has 110 valence electrons. The number of hydrogen-bond acceptors (Lipinski definition) is 4. The van der Waals surface area contributed by atoms with Gasteiger partial charge in [0.05, 0.1) is 17.2 Å². The number of thioether (sulfide) groups is 1. The summed E-state index contributed by atoms with van der Waals surface area (Å²) in [5.74, 6) is 2.13. The van der Waals surface area contributed by atoms with Crippen LogP contribution < -0.4 is 5.56 Å². The normalized spacial score (nSPS) is 15.3. The Hall–Kier alpha value is -1.82. The van der Waals surface area contributed by atoms with Gasteiger partial charge in [0.1, 0.15) is 0 Å². The van der Waals surface area contributed by atoms with E-state index in [2.05, 4.69) is 4.98 Å². The van der Waals surface area contributed by atoms with Gasteiger partial charge in [-0.25, -0.2) is 4.98 Å². The van der Waals surface area contributed by atoms with E-state index in [9.17, 15) is 9.59 Å². The molecule has 2 aromatic rings. The fourth-order valence-corrected chi connectivity index (χ4v) is 3.36. The van der Waals surface area contributed by atoms with Crippen LogP contribution in [0.25, 0.3) is 10.9 Å². The number of nitrogens with zero attached hydrogens (tertiary/aromatic N) is 3. The summed E-state index contributed by atoms with van der Waals surface area (Å²) in [7, 11) is 0. The first-order chi connectivity index (χ1) is 10.3. The van der Waals surface area contributed by atoms with Crippen LogP contribution in [0, 0.1) is 0 Å². The number of para-hydroxylation sites is 1. The molecule has 5 nitrogen and oxygen atoms in total. The van der Waals surface area contributed by atoms with Crippen LogP contribution in [0.2, 0.25) is 0 Å². The number of carbonyl (C=O) groups is 1. The number of fused-ring (bicyclic) bond motifs is 1. The Kier molecular flexibility index (Phi) is 4.24. The lowest BCUT2D eigenvalue weighted by atomic mass is 10.2. The number of aryl methyl sites for hydroxylation is 1. The molecule has 0 N–H and O–H groups in total. The molecule has 1 amide bonds. The first-order valence-corrected chi connectivity index (χ1v) is 8.21. The van der Waals surface area contributed by atoms with Crippen LogP contribution in [0.4, 0.5) is 0 Å². The van der Waals surface area contributed by atoms with Crippen molar-refractivity contribution >= 4 is 28.6 Å². The summed E-state index contributed by atoms with van der Waals surface area (Å²) >= 11 is 1.88. The predicted molar refractivity (Wildman–Crippen MR) is 84.5 cm³/mol. The number of rotatable bonds is 3. The van der Waals surface area contributed by atoms with Gasteiger partial charge in [0, 0.05) is 37.6 Å². The highest BCUT2D eigenvalue weighted by Gasteiger charge is 2.16. The van der Waals surface area contributed by atoms with E-state index < -0.39 is 0 Å². The molecule has 1 aliphatic rings. The molecule has 0 bridgehead atoms. The highest BCUT2D eigenvalue weighted by Crippen LogP contribution is 2.10. The first kappa shape index (κ1) is 14.1. The second kappa shape index (κ2) is 6.30. The van der Waals surface area contributed by atoms with E-state index in [4.69, 9.17) is 0 Å². The lowest BCUT2D eigenvalue weighted by molar-refractivity contribution is -0.131. The Bertz CT molecular complexity index is 707. The Morgan fingerprint density at radius 3 is 2.81 bits per heavy atom. The molecule has 0 radical (unpaired) electrons. The van der Waals surface area contributed by atoms with Crippen molar-refractivity contribution in [2.24, 2.45) is 0 Å². The van der Waals surface area contributed by atoms with Crippen molar-refractivity contribution in [3.8, 4) is 0 Å². The van der Waals surface area contributed by atoms with Crippen LogP contribution in [0.3, 0.4) is 0 Å². The van der Waals surface area contributed by atoms with Crippen molar-refractivity contribution in [2.75, 3.05) is 24.6 Å². The summed E-state index contributed by atoms with van der Waals surface area (Å²) < 4.78 is 1.53. The molecule has 1 aliphatic heterocycles. The first-order valence-electron chi connectivity index (χ1n) is 7.05. The van der Waals surface area contributed by atoms with Gasteiger partial charge in [-0.1, -0.05) is 12.1 Å². The fraction of sp³-hybridized carbons (Fsp3) is 0.400. The average Bonchev–Trinajstić information content (AvgIpc) is 2.55.